The Balaban J connectivity index is 1.07. The highest BCUT2D eigenvalue weighted by Crippen LogP contribution is 2.35. The van der Waals surface area contributed by atoms with E-state index in [1.807, 2.05) is 36.7 Å². The quantitative estimate of drug-likeness (QED) is 0.267. The number of hydrogen-bond acceptors (Lipinski definition) is 9. The number of hydrogen-bond donors (Lipinski definition) is 2. The van der Waals surface area contributed by atoms with Crippen LogP contribution in [0.25, 0.3) is 44.0 Å². The number of likely N-dealkylation sites (tertiary alicyclic amines) is 1. The number of benzene rings is 2. The number of anilines is 2. The zero-order valence-corrected chi connectivity index (χ0v) is 23.2. The van der Waals surface area contributed by atoms with E-state index in [1.54, 1.807) is 6.20 Å². The number of fused-ring (bicyclic) bond motifs is 1. The molecule has 0 atom stereocenters. The summed E-state index contributed by atoms with van der Waals surface area (Å²) in [6.07, 6.45) is 7.51. The van der Waals surface area contributed by atoms with Crippen molar-refractivity contribution in [3.05, 3.63) is 90.9 Å². The molecule has 5 heterocycles. The van der Waals surface area contributed by atoms with Gasteiger partial charge in [-0.15, -0.1) is 10.2 Å². The lowest BCUT2D eigenvalue weighted by atomic mass is 9.97. The van der Waals surface area contributed by atoms with Gasteiger partial charge in [-0.1, -0.05) is 65.9 Å². The van der Waals surface area contributed by atoms with Crippen LogP contribution in [0, 0.1) is 0 Å². The van der Waals surface area contributed by atoms with Gasteiger partial charge in [0.1, 0.15) is 0 Å². The van der Waals surface area contributed by atoms with Gasteiger partial charge in [0, 0.05) is 54.4 Å². The first-order chi connectivity index (χ1) is 20.1. The fourth-order valence-electron chi connectivity index (χ4n) is 5.58. The highest BCUT2D eigenvalue weighted by molar-refractivity contribution is 7.18. The number of pyridine rings is 2. The van der Waals surface area contributed by atoms with E-state index in [1.165, 1.54) is 16.9 Å². The Labute approximate surface area is 241 Å². The molecule has 0 unspecified atom stereocenters. The fraction of sp³-hybridized carbons (Fsp3) is 0.194. The average molecular weight is 560 g/mol. The van der Waals surface area contributed by atoms with Crippen LogP contribution in [0.2, 0.25) is 0 Å². The third kappa shape index (κ3) is 5.03. The molecule has 0 saturated carbocycles. The maximum absolute atomic E-state index is 6.11. The molecule has 10 heteroatoms. The zero-order chi connectivity index (χ0) is 27.8. The monoisotopic (exact) mass is 559 g/mol. The first-order valence-electron chi connectivity index (χ1n) is 13.7. The molecule has 0 amide bonds. The number of nitrogens with zero attached hydrogens (tertiary/aromatic N) is 7. The van der Waals surface area contributed by atoms with Gasteiger partial charge in [-0.25, -0.2) is 9.67 Å². The molecule has 4 aromatic heterocycles. The lowest BCUT2D eigenvalue weighted by molar-refractivity contribution is 0.175. The predicted molar refractivity (Wildman–Crippen MR) is 164 cm³/mol. The van der Waals surface area contributed by atoms with Crippen molar-refractivity contribution in [3.8, 4) is 33.0 Å². The van der Waals surface area contributed by atoms with Crippen molar-refractivity contribution >= 4 is 33.2 Å². The van der Waals surface area contributed by atoms with Crippen LogP contribution in [0.1, 0.15) is 24.4 Å². The highest BCUT2D eigenvalue weighted by Gasteiger charge is 2.23. The number of nitrogens with two attached hydrogens (primary N) is 2. The summed E-state index contributed by atoms with van der Waals surface area (Å²) in [6.45, 7) is 2.93. The van der Waals surface area contributed by atoms with Crippen molar-refractivity contribution in [2.24, 2.45) is 0 Å². The van der Waals surface area contributed by atoms with Gasteiger partial charge in [0.05, 0.1) is 23.3 Å². The summed E-state index contributed by atoms with van der Waals surface area (Å²) in [7, 11) is 0. The Morgan fingerprint density at radius 2 is 1.63 bits per heavy atom. The van der Waals surface area contributed by atoms with Gasteiger partial charge in [-0.05, 0) is 36.1 Å². The van der Waals surface area contributed by atoms with Gasteiger partial charge < -0.3 is 11.5 Å². The van der Waals surface area contributed by atoms with E-state index in [-0.39, 0.29) is 0 Å². The maximum Gasteiger partial charge on any atom is 0.203 e. The fourth-order valence-corrected chi connectivity index (χ4v) is 6.17. The lowest BCUT2D eigenvalue weighted by Gasteiger charge is -2.32. The summed E-state index contributed by atoms with van der Waals surface area (Å²) in [5, 5.41) is 14.9. The molecule has 0 spiro atoms. The number of piperidine rings is 1. The van der Waals surface area contributed by atoms with Gasteiger partial charge in [0.15, 0.2) is 10.7 Å². The summed E-state index contributed by atoms with van der Waals surface area (Å²) in [5.41, 5.74) is 19.9. The van der Waals surface area contributed by atoms with Crippen LogP contribution < -0.4 is 11.5 Å². The largest absolute Gasteiger partial charge is 0.398 e. The van der Waals surface area contributed by atoms with Crippen LogP contribution in [0.15, 0.2) is 85.3 Å². The van der Waals surface area contributed by atoms with Crippen molar-refractivity contribution in [3.63, 3.8) is 0 Å². The van der Waals surface area contributed by atoms with Crippen molar-refractivity contribution in [2.45, 2.75) is 25.4 Å². The summed E-state index contributed by atoms with van der Waals surface area (Å²) in [5.74, 6) is 0. The van der Waals surface area contributed by atoms with E-state index in [0.29, 0.717) is 11.2 Å². The third-order valence-electron chi connectivity index (χ3n) is 7.73. The van der Waals surface area contributed by atoms with Crippen molar-refractivity contribution in [2.75, 3.05) is 24.6 Å². The lowest BCUT2D eigenvalue weighted by Crippen LogP contribution is -2.34. The van der Waals surface area contributed by atoms with Gasteiger partial charge in [-0.2, -0.15) is 5.10 Å². The molecule has 7 rings (SSSR count). The van der Waals surface area contributed by atoms with Gasteiger partial charge in [-0.3, -0.25) is 9.88 Å². The molecule has 204 valence electrons. The first kappa shape index (κ1) is 25.3. The zero-order valence-electron chi connectivity index (χ0n) is 22.4. The summed E-state index contributed by atoms with van der Waals surface area (Å²) >= 11 is 1.36. The van der Waals surface area contributed by atoms with E-state index >= 15 is 0 Å². The minimum absolute atomic E-state index is 0.336. The molecule has 0 radical (unpaired) electrons. The van der Waals surface area contributed by atoms with E-state index in [9.17, 15) is 0 Å². The van der Waals surface area contributed by atoms with Crippen LogP contribution in [0.5, 0.6) is 0 Å². The minimum Gasteiger partial charge on any atom is -0.398 e. The molecule has 9 nitrogen and oxygen atoms in total. The second-order valence-corrected chi connectivity index (χ2v) is 11.4. The van der Waals surface area contributed by atoms with Crippen LogP contribution in [-0.2, 0) is 6.54 Å². The van der Waals surface area contributed by atoms with Crippen LogP contribution in [0.3, 0.4) is 0 Å². The molecular weight excluding hydrogens is 530 g/mol. The molecule has 1 aliphatic heterocycles. The Bertz CT molecular complexity index is 1800. The molecule has 0 aliphatic carbocycles. The van der Waals surface area contributed by atoms with E-state index < -0.39 is 0 Å². The molecule has 41 heavy (non-hydrogen) atoms. The van der Waals surface area contributed by atoms with Crippen LogP contribution in [0.4, 0.5) is 10.8 Å². The summed E-state index contributed by atoms with van der Waals surface area (Å²) in [6, 6.07) is 23.4. The smallest absolute Gasteiger partial charge is 0.203 e. The number of nitrogen functional groups attached to an aromatic ring is 2. The minimum atomic E-state index is 0.336. The molecular formula is C31H29N9S. The molecule has 1 aliphatic rings. The molecule has 0 bridgehead atoms. The standard InChI is InChI=1S/C31H29N9S/c32-27-10-13-34-29-26(27)18-36-40(29)24-11-14-39(15-12-24)19-20-6-8-22(9-7-20)28-25(21-4-2-1-3-5-21)16-23(17-35-28)30-37-38-31(33)41-30/h1-10,13,16-18,24H,11-12,14-15,19H2,(H2,32,34)(H2,33,38). The second kappa shape index (κ2) is 10.7. The number of aromatic nitrogens is 6. The molecule has 2 aromatic carbocycles. The second-order valence-electron chi connectivity index (χ2n) is 10.4. The van der Waals surface area contributed by atoms with Gasteiger partial charge >= 0.3 is 0 Å². The van der Waals surface area contributed by atoms with Crippen LogP contribution in [-0.4, -0.2) is 47.9 Å². The topological polar surface area (TPSA) is 125 Å². The average Bonchev–Trinajstić information content (AvgIpc) is 3.66. The molecule has 1 saturated heterocycles. The molecule has 6 aromatic rings. The number of rotatable bonds is 6. The molecule has 4 N–H and O–H groups in total. The summed E-state index contributed by atoms with van der Waals surface area (Å²) < 4.78 is 2.06. The van der Waals surface area contributed by atoms with Gasteiger partial charge in [0.2, 0.25) is 5.13 Å². The Hall–Kier alpha value is -4.67. The van der Waals surface area contributed by atoms with Gasteiger partial charge in [0.25, 0.3) is 0 Å². The van der Waals surface area contributed by atoms with Crippen molar-refractivity contribution in [1.82, 2.24) is 34.8 Å². The maximum atomic E-state index is 6.11. The normalized spacial score (nSPS) is 14.5. The first-order valence-corrected chi connectivity index (χ1v) is 14.5. The molecule has 1 fully saturated rings. The van der Waals surface area contributed by atoms with E-state index in [4.69, 9.17) is 16.5 Å². The van der Waals surface area contributed by atoms with E-state index in [2.05, 4.69) is 72.3 Å². The third-order valence-corrected chi connectivity index (χ3v) is 8.53. The van der Waals surface area contributed by atoms with E-state index in [0.717, 1.165) is 82.2 Å². The SMILES string of the molecule is Nc1nnc(-c2cnc(-c3ccc(CN4CCC(n5ncc6c(N)ccnc65)CC4)cc3)c(-c3ccccc3)c2)s1. The van der Waals surface area contributed by atoms with Crippen LogP contribution >= 0.6 is 11.3 Å². The summed E-state index contributed by atoms with van der Waals surface area (Å²) in [4.78, 5) is 11.9. The Morgan fingerprint density at radius 3 is 2.39 bits per heavy atom. The Morgan fingerprint density at radius 1 is 0.829 bits per heavy atom. The Kier molecular flexibility index (Phi) is 6.62. The highest BCUT2D eigenvalue weighted by atomic mass is 32.1. The van der Waals surface area contributed by atoms with Crippen molar-refractivity contribution in [1.29, 1.82) is 0 Å². The predicted octanol–water partition coefficient (Wildman–Crippen LogP) is 5.68. The van der Waals surface area contributed by atoms with Crippen molar-refractivity contribution < 1.29 is 0 Å².